The van der Waals surface area contributed by atoms with Crippen LogP contribution >= 0.6 is 0 Å². The number of hydrogen-bond donors (Lipinski definition) is 0. The van der Waals surface area contributed by atoms with Crippen molar-refractivity contribution >= 4 is 12.1 Å². The first kappa shape index (κ1) is 68.1. The van der Waals surface area contributed by atoms with Gasteiger partial charge in [0.05, 0.1) is 0 Å². The average molecular weight is 1190 g/mol. The van der Waals surface area contributed by atoms with Crippen LogP contribution in [-0.2, 0) is 9.59 Å². The summed E-state index contributed by atoms with van der Waals surface area (Å²) in [6, 6.07) is -11.0. The van der Waals surface area contributed by atoms with E-state index in [2.05, 4.69) is 0 Å². The molecule has 0 fully saturated rings. The van der Waals surface area contributed by atoms with Crippen LogP contribution < -0.4 is 0 Å². The Morgan fingerprint density at radius 3 is 0.250 bits per heavy atom. The molecule has 2 nitrogen and oxygen atoms in total. The van der Waals surface area contributed by atoms with E-state index in [9.17, 15) is 212 Å². The monoisotopic (exact) mass is 1190 g/mol. The third-order valence-electron chi connectivity index (χ3n) is 8.77. The maximum atomic E-state index is 14.1. The number of carbonyl (C=O) groups is 2. The lowest BCUT2D eigenvalue weighted by Gasteiger charge is -2.47. The zero-order chi connectivity index (χ0) is 60.2. The Balaban J connectivity index is 8.15. The summed E-state index contributed by atoms with van der Waals surface area (Å²) in [5.41, 5.74) is 0. The number of hydrogen-bond acceptors (Lipinski definition) is 2. The number of carbonyl (C=O) groups excluding carboxylic acids is 2. The van der Waals surface area contributed by atoms with Gasteiger partial charge in [-0.3, -0.25) is 9.59 Å². The molecule has 0 spiro atoms. The van der Waals surface area contributed by atoms with Gasteiger partial charge in [0.25, 0.3) is 0 Å². The molecule has 430 valence electrons. The fraction of sp³-hybridized carbons (Fsp3) is 0.917. The Kier molecular flexibility index (Phi) is 15.4. The number of alkyl halides is 44. The fourth-order valence-electron chi connectivity index (χ4n) is 4.19. The van der Waals surface area contributed by atoms with Crippen molar-refractivity contribution in [3.05, 3.63) is 0 Å². The highest BCUT2D eigenvalue weighted by atomic mass is 19.4. The van der Waals surface area contributed by atoms with Gasteiger partial charge in [-0.05, 0) is 0 Å². The molecule has 0 aliphatic heterocycles. The van der Waals surface area contributed by atoms with Crippen LogP contribution in [-0.4, -0.2) is 142 Å². The van der Waals surface area contributed by atoms with Gasteiger partial charge in [0.15, 0.2) is 0 Å². The first-order valence-electron chi connectivity index (χ1n) is 14.9. The van der Waals surface area contributed by atoms with Gasteiger partial charge in [-0.2, -0.15) is 202 Å². The topological polar surface area (TPSA) is 34.1 Å². The summed E-state index contributed by atoms with van der Waals surface area (Å²) in [7, 11) is 0. The van der Waals surface area contributed by atoms with Crippen molar-refractivity contribution in [3.8, 4) is 0 Å². The first-order chi connectivity index (χ1) is 30.1. The van der Waals surface area contributed by atoms with Crippen LogP contribution in [0.2, 0.25) is 0 Å². The van der Waals surface area contributed by atoms with Crippen LogP contribution in [0.25, 0.3) is 0 Å². The lowest BCUT2D eigenvalue weighted by molar-refractivity contribution is -0.496. The molecule has 0 N–H and O–H groups in total. The Morgan fingerprint density at radius 2 is 0.194 bits per heavy atom. The van der Waals surface area contributed by atoms with Gasteiger partial charge >= 0.3 is 142 Å². The van der Waals surface area contributed by atoms with Crippen LogP contribution in [0.3, 0.4) is 0 Å². The molecule has 0 radical (unpaired) electrons. The van der Waals surface area contributed by atoms with E-state index in [1.54, 1.807) is 0 Å². The van der Waals surface area contributed by atoms with E-state index in [1.807, 2.05) is 0 Å². The molecule has 0 bridgehead atoms. The molecule has 0 aromatic rings. The quantitative estimate of drug-likeness (QED) is 0.0755. The van der Waals surface area contributed by atoms with Crippen LogP contribution in [0, 0.1) is 0 Å². The summed E-state index contributed by atoms with van der Waals surface area (Å²) >= 11 is 0. The molecule has 48 heteroatoms. The molecule has 0 atom stereocenters. The highest BCUT2D eigenvalue weighted by Gasteiger charge is 3.04. The third kappa shape index (κ3) is 7.22. The van der Waals surface area contributed by atoms with Crippen molar-refractivity contribution in [1.82, 2.24) is 0 Å². The number of halogens is 46. The van der Waals surface area contributed by atoms with E-state index < -0.39 is 142 Å². The minimum atomic E-state index is -10.9. The minimum Gasteiger partial charge on any atom is -0.254 e. The molecule has 0 saturated heterocycles. The molecular formula is C24F46O2. The summed E-state index contributed by atoms with van der Waals surface area (Å²) < 4.78 is 628. The van der Waals surface area contributed by atoms with E-state index in [4.69, 9.17) is 0 Å². The second-order valence-corrected chi connectivity index (χ2v) is 13.2. The maximum absolute atomic E-state index is 14.1. The molecule has 0 amide bonds. The predicted molar refractivity (Wildman–Crippen MR) is 121 cm³/mol. The summed E-state index contributed by atoms with van der Waals surface area (Å²) in [6.07, 6.45) is 0. The summed E-state index contributed by atoms with van der Waals surface area (Å²) in [5.74, 6) is -224. The van der Waals surface area contributed by atoms with E-state index in [0.717, 1.165) is 0 Å². The zero-order valence-electron chi connectivity index (χ0n) is 30.2. The Bertz CT molecular complexity index is 1900. The second kappa shape index (κ2) is 16.3. The number of rotatable bonds is 23. The predicted octanol–water partition coefficient (Wildman–Crippen LogP) is 14.0. The fourth-order valence-corrected chi connectivity index (χ4v) is 4.19. The molecular weight excluding hydrogens is 1190 g/mol. The van der Waals surface area contributed by atoms with Crippen molar-refractivity contribution in [2.24, 2.45) is 0 Å². The van der Waals surface area contributed by atoms with Crippen molar-refractivity contribution in [2.45, 2.75) is 130 Å². The van der Waals surface area contributed by atoms with Gasteiger partial charge < -0.3 is 0 Å². The average Bonchev–Trinajstić information content (AvgIpc) is 3.15. The zero-order valence-corrected chi connectivity index (χ0v) is 30.2. The minimum absolute atomic E-state index is 5.50. The normalized spacial score (nSPS) is 17.1. The van der Waals surface area contributed by atoms with Crippen LogP contribution in [0.5, 0.6) is 0 Å². The molecule has 0 rings (SSSR count). The summed E-state index contributed by atoms with van der Waals surface area (Å²) in [6.45, 7) is 0. The van der Waals surface area contributed by atoms with Crippen molar-refractivity contribution < 1.29 is 212 Å². The summed E-state index contributed by atoms with van der Waals surface area (Å²) in [5, 5.41) is 0. The Morgan fingerprint density at radius 1 is 0.139 bits per heavy atom. The van der Waals surface area contributed by atoms with E-state index >= 15 is 0 Å². The van der Waals surface area contributed by atoms with E-state index in [1.165, 1.54) is 0 Å². The Labute approximate surface area is 355 Å². The van der Waals surface area contributed by atoms with Gasteiger partial charge in [0.1, 0.15) is 0 Å². The molecule has 0 unspecified atom stereocenters. The van der Waals surface area contributed by atoms with E-state index in [0.29, 0.717) is 0 Å². The van der Waals surface area contributed by atoms with Crippen molar-refractivity contribution in [2.75, 3.05) is 0 Å². The van der Waals surface area contributed by atoms with Crippen molar-refractivity contribution in [1.29, 1.82) is 0 Å². The first-order valence-corrected chi connectivity index (χ1v) is 14.9. The lowest BCUT2D eigenvalue weighted by atomic mass is 9.81. The van der Waals surface area contributed by atoms with E-state index in [-0.39, 0.29) is 0 Å². The highest BCUT2D eigenvalue weighted by Crippen LogP contribution is 2.72. The van der Waals surface area contributed by atoms with Gasteiger partial charge in [-0.25, -0.2) is 0 Å². The maximum Gasteiger partial charge on any atom is 0.404 e. The molecule has 0 saturated carbocycles. The smallest absolute Gasteiger partial charge is 0.254 e. The van der Waals surface area contributed by atoms with Crippen LogP contribution in [0.15, 0.2) is 0 Å². The van der Waals surface area contributed by atoms with Gasteiger partial charge in [-0.1, -0.05) is 0 Å². The van der Waals surface area contributed by atoms with Crippen LogP contribution in [0.1, 0.15) is 0 Å². The van der Waals surface area contributed by atoms with Crippen LogP contribution in [0.4, 0.5) is 202 Å². The Hall–Kier alpha value is -3.88. The molecule has 0 aliphatic rings. The summed E-state index contributed by atoms with van der Waals surface area (Å²) in [4.78, 5) is 19.6. The van der Waals surface area contributed by atoms with Gasteiger partial charge in [-0.15, -0.1) is 0 Å². The largest absolute Gasteiger partial charge is 0.404 e. The van der Waals surface area contributed by atoms with Gasteiger partial charge in [0.2, 0.25) is 0 Å². The highest BCUT2D eigenvalue weighted by molar-refractivity contribution is 5.78. The molecule has 0 aromatic heterocycles. The molecule has 0 aliphatic carbocycles. The van der Waals surface area contributed by atoms with Gasteiger partial charge in [0, 0.05) is 0 Å². The second-order valence-electron chi connectivity index (χ2n) is 13.2. The molecule has 72 heavy (non-hydrogen) atoms. The third-order valence-corrected chi connectivity index (χ3v) is 8.77. The molecule has 0 aromatic carbocycles. The van der Waals surface area contributed by atoms with Crippen molar-refractivity contribution in [3.63, 3.8) is 0 Å². The standard InChI is InChI=1S/C24F46O2/c25-1(71)3(27,28)5(31,32)7(35,36)9(39,40)11(43,44)13(47,48)15(51,52)17(55,56)19(59,60)21(63,64)23(67,68)24(69,70)22(65,66)20(61,62)18(57,58)16(53,54)14(49,50)12(45,46)10(41,42)8(37,38)6(33,34)4(29,30)2(26)72. The lowest BCUT2D eigenvalue weighted by Crippen LogP contribution is -2.81. The SMILES string of the molecule is O=C(F)C(F)(F)C(F)(F)C(F)(F)C(F)(F)C(F)(F)C(F)(F)C(F)(F)C(F)(F)C(F)(F)C(F)(F)C(F)(F)C(F)(F)C(F)(F)C(F)(F)C(F)(F)C(F)(F)C(F)(F)C(F)(F)C(F)(F)C(F)(F)C(F)(F)C(F)(F)C(=O)F. The molecule has 0 heterocycles.